The lowest BCUT2D eigenvalue weighted by Gasteiger charge is -2.31. The van der Waals surface area contributed by atoms with Crippen molar-refractivity contribution in [2.45, 2.75) is 59.0 Å². The zero-order chi connectivity index (χ0) is 16.3. The van der Waals surface area contributed by atoms with Gasteiger partial charge in [0.05, 0.1) is 16.7 Å². The Labute approximate surface area is 132 Å². The van der Waals surface area contributed by atoms with Gasteiger partial charge in [0.2, 0.25) is 0 Å². The van der Waals surface area contributed by atoms with E-state index in [-0.39, 0.29) is 11.8 Å². The fourth-order valence-electron chi connectivity index (χ4n) is 2.64. The maximum atomic E-state index is 12.4. The summed E-state index contributed by atoms with van der Waals surface area (Å²) in [6, 6.07) is 6.85. The van der Waals surface area contributed by atoms with Gasteiger partial charge >= 0.3 is 0 Å². The number of hydrogen-bond donors (Lipinski definition) is 0. The van der Waals surface area contributed by atoms with Gasteiger partial charge in [-0.05, 0) is 37.8 Å². The molecule has 1 aliphatic rings. The number of hydroxylamine groups is 2. The summed E-state index contributed by atoms with van der Waals surface area (Å²) in [5, 5.41) is 0.948. The van der Waals surface area contributed by atoms with E-state index in [0.717, 1.165) is 30.7 Å². The molecule has 2 rings (SSSR count). The van der Waals surface area contributed by atoms with Crippen LogP contribution in [0, 0.1) is 5.92 Å². The van der Waals surface area contributed by atoms with Crippen LogP contribution in [0.25, 0.3) is 0 Å². The fourth-order valence-corrected chi connectivity index (χ4v) is 2.64. The highest BCUT2D eigenvalue weighted by Crippen LogP contribution is 2.30. The van der Waals surface area contributed by atoms with E-state index < -0.39 is 5.60 Å². The first-order chi connectivity index (χ1) is 10.4. The van der Waals surface area contributed by atoms with E-state index in [1.165, 1.54) is 0 Å². The average molecular weight is 303 g/mol. The number of hydrogen-bond acceptors (Lipinski definition) is 3. The standard InChI is InChI=1S/C18H25NO3/c1-5-18(4,12-8-9-13(2)3)22-19-16(20)14-10-6-7-11-15(14)17(19)21/h6-7,10-11,13H,5,8-9,12H2,1-4H3/t18-/m0/s1. The van der Waals surface area contributed by atoms with Gasteiger partial charge in [0.25, 0.3) is 11.8 Å². The third-order valence-electron chi connectivity index (χ3n) is 4.30. The van der Waals surface area contributed by atoms with E-state index in [0.29, 0.717) is 17.0 Å². The van der Waals surface area contributed by atoms with Crippen molar-refractivity contribution in [2.75, 3.05) is 0 Å². The normalized spacial score (nSPS) is 17.0. The molecular weight excluding hydrogens is 278 g/mol. The molecule has 1 atom stereocenters. The minimum atomic E-state index is -0.498. The summed E-state index contributed by atoms with van der Waals surface area (Å²) in [5.74, 6) is -0.0753. The Morgan fingerprint density at radius 3 is 2.14 bits per heavy atom. The van der Waals surface area contributed by atoms with Gasteiger partial charge in [-0.2, -0.15) is 0 Å². The molecule has 2 amide bonds. The van der Waals surface area contributed by atoms with Crippen LogP contribution < -0.4 is 0 Å². The lowest BCUT2D eigenvalue weighted by atomic mass is 9.94. The average Bonchev–Trinajstić information content (AvgIpc) is 2.72. The molecule has 0 radical (unpaired) electrons. The van der Waals surface area contributed by atoms with Crippen molar-refractivity contribution >= 4 is 11.8 Å². The van der Waals surface area contributed by atoms with Crippen LogP contribution in [0.4, 0.5) is 0 Å². The molecular formula is C18H25NO3. The predicted molar refractivity (Wildman–Crippen MR) is 85.4 cm³/mol. The molecule has 0 bridgehead atoms. The molecule has 4 heteroatoms. The van der Waals surface area contributed by atoms with Crippen molar-refractivity contribution < 1.29 is 14.4 Å². The Morgan fingerprint density at radius 1 is 1.14 bits per heavy atom. The van der Waals surface area contributed by atoms with Crippen LogP contribution >= 0.6 is 0 Å². The summed E-state index contributed by atoms with van der Waals surface area (Å²) < 4.78 is 0. The van der Waals surface area contributed by atoms with E-state index in [2.05, 4.69) is 13.8 Å². The van der Waals surface area contributed by atoms with Crippen molar-refractivity contribution in [3.63, 3.8) is 0 Å². The largest absolute Gasteiger partial charge is 0.285 e. The molecule has 0 aliphatic carbocycles. The summed E-state index contributed by atoms with van der Waals surface area (Å²) in [4.78, 5) is 30.6. The van der Waals surface area contributed by atoms with Crippen LogP contribution in [0.15, 0.2) is 24.3 Å². The first kappa shape index (κ1) is 16.7. The summed E-state index contributed by atoms with van der Waals surface area (Å²) in [7, 11) is 0. The lowest BCUT2D eigenvalue weighted by molar-refractivity contribution is -0.185. The van der Waals surface area contributed by atoms with Crippen LogP contribution in [0.1, 0.15) is 74.1 Å². The first-order valence-electron chi connectivity index (χ1n) is 8.05. The van der Waals surface area contributed by atoms with E-state index in [9.17, 15) is 9.59 Å². The van der Waals surface area contributed by atoms with E-state index in [4.69, 9.17) is 4.84 Å². The van der Waals surface area contributed by atoms with Gasteiger partial charge < -0.3 is 0 Å². The number of nitrogens with zero attached hydrogens (tertiary/aromatic N) is 1. The molecule has 1 aromatic rings. The molecule has 0 saturated carbocycles. The predicted octanol–water partition coefficient (Wildman–Crippen LogP) is 4.21. The molecule has 120 valence electrons. The summed E-state index contributed by atoms with van der Waals surface area (Å²) >= 11 is 0. The number of rotatable bonds is 7. The van der Waals surface area contributed by atoms with Crippen molar-refractivity contribution in [3.05, 3.63) is 35.4 Å². The van der Waals surface area contributed by atoms with Crippen LogP contribution in [0.2, 0.25) is 0 Å². The second kappa shape index (κ2) is 6.61. The molecule has 0 unspecified atom stereocenters. The Hall–Kier alpha value is -1.68. The smallest absolute Gasteiger partial charge is 0.266 e. The molecule has 1 aromatic carbocycles. The zero-order valence-corrected chi connectivity index (χ0v) is 13.9. The van der Waals surface area contributed by atoms with E-state index in [1.54, 1.807) is 24.3 Å². The topological polar surface area (TPSA) is 46.6 Å². The highest BCUT2D eigenvalue weighted by Gasteiger charge is 2.40. The number of carbonyl (C=O) groups excluding carboxylic acids is 2. The van der Waals surface area contributed by atoms with Crippen LogP contribution in [-0.2, 0) is 4.84 Å². The van der Waals surface area contributed by atoms with Gasteiger partial charge in [-0.25, -0.2) is 0 Å². The number of imide groups is 1. The van der Waals surface area contributed by atoms with Crippen LogP contribution in [-0.4, -0.2) is 22.5 Å². The zero-order valence-electron chi connectivity index (χ0n) is 13.9. The molecule has 0 N–H and O–H groups in total. The van der Waals surface area contributed by atoms with Crippen molar-refractivity contribution in [3.8, 4) is 0 Å². The molecule has 0 aromatic heterocycles. The third kappa shape index (κ3) is 3.38. The summed E-state index contributed by atoms with van der Waals surface area (Å²) in [6.07, 6.45) is 3.71. The van der Waals surface area contributed by atoms with Gasteiger partial charge in [0, 0.05) is 0 Å². The lowest BCUT2D eigenvalue weighted by Crippen LogP contribution is -2.41. The maximum Gasteiger partial charge on any atom is 0.285 e. The highest BCUT2D eigenvalue weighted by molar-refractivity contribution is 6.20. The SMILES string of the molecule is CC[C@@](C)(CCCC(C)C)ON1C(=O)c2ccccc2C1=O. The molecule has 0 fully saturated rings. The molecule has 22 heavy (non-hydrogen) atoms. The number of carbonyl (C=O) groups is 2. The van der Waals surface area contributed by atoms with E-state index >= 15 is 0 Å². The molecule has 4 nitrogen and oxygen atoms in total. The van der Waals surface area contributed by atoms with Crippen LogP contribution in [0.5, 0.6) is 0 Å². The highest BCUT2D eigenvalue weighted by atomic mass is 16.7. The van der Waals surface area contributed by atoms with Crippen molar-refractivity contribution in [2.24, 2.45) is 5.92 Å². The summed E-state index contributed by atoms with van der Waals surface area (Å²) in [6.45, 7) is 8.37. The molecule has 0 spiro atoms. The number of benzene rings is 1. The monoisotopic (exact) mass is 303 g/mol. The van der Waals surface area contributed by atoms with Crippen molar-refractivity contribution in [1.82, 2.24) is 5.06 Å². The Balaban J connectivity index is 2.09. The third-order valence-corrected chi connectivity index (χ3v) is 4.30. The Bertz CT molecular complexity index is 532. The molecule has 0 saturated heterocycles. The van der Waals surface area contributed by atoms with Gasteiger partial charge in [-0.3, -0.25) is 14.4 Å². The van der Waals surface area contributed by atoms with E-state index in [1.807, 2.05) is 13.8 Å². The second-order valence-corrected chi connectivity index (χ2v) is 6.63. The minimum absolute atomic E-state index is 0.357. The number of fused-ring (bicyclic) bond motifs is 1. The van der Waals surface area contributed by atoms with Gasteiger partial charge in [0.15, 0.2) is 0 Å². The van der Waals surface area contributed by atoms with Crippen molar-refractivity contribution in [1.29, 1.82) is 0 Å². The van der Waals surface area contributed by atoms with Gasteiger partial charge in [-0.1, -0.05) is 45.7 Å². The first-order valence-corrected chi connectivity index (χ1v) is 8.05. The fraction of sp³-hybridized carbons (Fsp3) is 0.556. The molecule has 1 heterocycles. The maximum absolute atomic E-state index is 12.4. The number of amides is 2. The quantitative estimate of drug-likeness (QED) is 0.709. The van der Waals surface area contributed by atoms with Gasteiger partial charge in [0.1, 0.15) is 0 Å². The van der Waals surface area contributed by atoms with Crippen LogP contribution in [0.3, 0.4) is 0 Å². The summed E-state index contributed by atoms with van der Waals surface area (Å²) in [5.41, 5.74) is 0.351. The van der Waals surface area contributed by atoms with Gasteiger partial charge in [-0.15, -0.1) is 5.06 Å². The minimum Gasteiger partial charge on any atom is -0.266 e. The Kier molecular flexibility index (Phi) is 5.01. The molecule has 1 aliphatic heterocycles. The Morgan fingerprint density at radius 2 is 1.68 bits per heavy atom. The second-order valence-electron chi connectivity index (χ2n) is 6.63.